The summed E-state index contributed by atoms with van der Waals surface area (Å²) in [7, 11) is 0. The van der Waals surface area contributed by atoms with Crippen molar-refractivity contribution >= 4 is 17.5 Å². The van der Waals surface area contributed by atoms with E-state index < -0.39 is 6.10 Å². The lowest BCUT2D eigenvalue weighted by Gasteiger charge is -2.28. The summed E-state index contributed by atoms with van der Waals surface area (Å²) in [6, 6.07) is 6.69. The Hall–Kier alpha value is -1.06. The molecule has 1 fully saturated rings. The average Bonchev–Trinajstić information content (AvgIpc) is 2.32. The number of hydrogen-bond acceptors (Lipinski definition) is 2. The standard InChI is InChI=1S/C13H16ClNO2/c14-10-5-3-4-9(8-10)13(17)15-11-6-1-2-7-12(11)16/h3-5,8,11-12,16H,1-2,6-7H2,(H,15,17)/t11-,12-/m1/s1. The summed E-state index contributed by atoms with van der Waals surface area (Å²) in [5, 5.41) is 13.2. The first kappa shape index (κ1) is 12.4. The number of halogens is 1. The Bertz CT molecular complexity index is 408. The quantitative estimate of drug-likeness (QED) is 0.850. The van der Waals surface area contributed by atoms with Crippen LogP contribution < -0.4 is 5.32 Å². The molecule has 3 nitrogen and oxygen atoms in total. The molecule has 1 amide bonds. The molecule has 1 aliphatic carbocycles. The smallest absolute Gasteiger partial charge is 0.251 e. The molecule has 1 aromatic carbocycles. The van der Waals surface area contributed by atoms with Gasteiger partial charge in [-0.15, -0.1) is 0 Å². The summed E-state index contributed by atoms with van der Waals surface area (Å²) in [4.78, 5) is 11.9. The molecule has 2 N–H and O–H groups in total. The molecule has 0 bridgehead atoms. The maximum absolute atomic E-state index is 11.9. The second-order valence-electron chi connectivity index (χ2n) is 4.44. The van der Waals surface area contributed by atoms with Crippen LogP contribution >= 0.6 is 11.6 Å². The Morgan fingerprint density at radius 3 is 2.82 bits per heavy atom. The number of aliphatic hydroxyl groups is 1. The third kappa shape index (κ3) is 3.20. The Morgan fingerprint density at radius 1 is 1.35 bits per heavy atom. The van der Waals surface area contributed by atoms with Crippen LogP contribution in [0.2, 0.25) is 5.02 Å². The fourth-order valence-electron chi connectivity index (χ4n) is 2.16. The van der Waals surface area contributed by atoms with Crippen molar-refractivity contribution in [1.82, 2.24) is 5.32 Å². The Labute approximate surface area is 106 Å². The van der Waals surface area contributed by atoms with E-state index in [9.17, 15) is 9.90 Å². The Morgan fingerprint density at radius 2 is 2.12 bits per heavy atom. The van der Waals surface area contributed by atoms with E-state index in [1.165, 1.54) is 0 Å². The van der Waals surface area contributed by atoms with Gasteiger partial charge in [0.2, 0.25) is 0 Å². The molecule has 92 valence electrons. The van der Waals surface area contributed by atoms with E-state index in [0.717, 1.165) is 25.7 Å². The van der Waals surface area contributed by atoms with E-state index in [-0.39, 0.29) is 11.9 Å². The van der Waals surface area contributed by atoms with Gasteiger partial charge in [-0.1, -0.05) is 30.5 Å². The normalized spacial score (nSPS) is 24.4. The fourth-order valence-corrected chi connectivity index (χ4v) is 2.35. The van der Waals surface area contributed by atoms with Crippen LogP contribution in [0.4, 0.5) is 0 Å². The second kappa shape index (κ2) is 5.52. The SMILES string of the molecule is O=C(N[C@@H]1CCCC[C@H]1O)c1cccc(Cl)c1. The summed E-state index contributed by atoms with van der Waals surface area (Å²) in [6.45, 7) is 0. The number of carbonyl (C=O) groups is 1. The molecule has 0 aromatic heterocycles. The molecule has 4 heteroatoms. The highest BCUT2D eigenvalue weighted by atomic mass is 35.5. The van der Waals surface area contributed by atoms with Crippen molar-refractivity contribution in [2.75, 3.05) is 0 Å². The lowest BCUT2D eigenvalue weighted by atomic mass is 9.92. The minimum absolute atomic E-state index is 0.129. The molecule has 2 atom stereocenters. The van der Waals surface area contributed by atoms with Crippen LogP contribution in [0.1, 0.15) is 36.0 Å². The van der Waals surface area contributed by atoms with Crippen molar-refractivity contribution in [1.29, 1.82) is 0 Å². The van der Waals surface area contributed by atoms with Gasteiger partial charge in [0.05, 0.1) is 12.1 Å². The number of carbonyl (C=O) groups excluding carboxylic acids is 1. The molecular formula is C13H16ClNO2. The minimum atomic E-state index is -0.424. The zero-order valence-corrected chi connectivity index (χ0v) is 10.3. The second-order valence-corrected chi connectivity index (χ2v) is 4.88. The number of amides is 1. The largest absolute Gasteiger partial charge is 0.391 e. The molecule has 0 radical (unpaired) electrons. The first-order chi connectivity index (χ1) is 8.16. The van der Waals surface area contributed by atoms with E-state index in [4.69, 9.17) is 11.6 Å². The number of hydrogen-bond donors (Lipinski definition) is 2. The van der Waals surface area contributed by atoms with E-state index in [1.54, 1.807) is 24.3 Å². The van der Waals surface area contributed by atoms with Crippen LogP contribution in [0.25, 0.3) is 0 Å². The molecule has 0 saturated heterocycles. The molecule has 0 spiro atoms. The molecule has 0 aliphatic heterocycles. The molecule has 2 rings (SSSR count). The van der Waals surface area contributed by atoms with E-state index in [1.807, 2.05) is 0 Å². The van der Waals surface area contributed by atoms with Crippen LogP contribution in [-0.4, -0.2) is 23.2 Å². The zero-order chi connectivity index (χ0) is 12.3. The van der Waals surface area contributed by atoms with E-state index in [0.29, 0.717) is 10.6 Å². The fraction of sp³-hybridized carbons (Fsp3) is 0.462. The lowest BCUT2D eigenvalue weighted by molar-refractivity contribution is 0.0717. The van der Waals surface area contributed by atoms with Gasteiger partial charge in [-0.25, -0.2) is 0 Å². The number of nitrogens with one attached hydrogen (secondary N) is 1. The monoisotopic (exact) mass is 253 g/mol. The van der Waals surface area contributed by atoms with Crippen LogP contribution in [0, 0.1) is 0 Å². The van der Waals surface area contributed by atoms with Gasteiger partial charge in [0.25, 0.3) is 5.91 Å². The third-order valence-corrected chi connectivity index (χ3v) is 3.37. The lowest BCUT2D eigenvalue weighted by Crippen LogP contribution is -2.45. The molecule has 17 heavy (non-hydrogen) atoms. The maximum atomic E-state index is 11.9. The van der Waals surface area contributed by atoms with Crippen LogP contribution in [0.3, 0.4) is 0 Å². The van der Waals surface area contributed by atoms with Gasteiger partial charge in [-0.3, -0.25) is 4.79 Å². The van der Waals surface area contributed by atoms with Crippen molar-refractivity contribution in [3.05, 3.63) is 34.9 Å². The van der Waals surface area contributed by atoms with Crippen molar-refractivity contribution < 1.29 is 9.90 Å². The summed E-state index contributed by atoms with van der Waals surface area (Å²) in [5.74, 6) is -0.168. The zero-order valence-electron chi connectivity index (χ0n) is 9.53. The van der Waals surface area contributed by atoms with Crippen LogP contribution in [0.5, 0.6) is 0 Å². The topological polar surface area (TPSA) is 49.3 Å². The first-order valence-electron chi connectivity index (χ1n) is 5.91. The maximum Gasteiger partial charge on any atom is 0.251 e. The average molecular weight is 254 g/mol. The van der Waals surface area contributed by atoms with E-state index >= 15 is 0 Å². The van der Waals surface area contributed by atoms with Crippen molar-refractivity contribution in [3.8, 4) is 0 Å². The molecule has 1 aliphatic rings. The van der Waals surface area contributed by atoms with Crippen LogP contribution in [0.15, 0.2) is 24.3 Å². The molecule has 1 saturated carbocycles. The predicted octanol–water partition coefficient (Wildman–Crippen LogP) is 2.37. The van der Waals surface area contributed by atoms with Gasteiger partial charge >= 0.3 is 0 Å². The Balaban J connectivity index is 2.01. The van der Waals surface area contributed by atoms with Crippen molar-refractivity contribution in [2.24, 2.45) is 0 Å². The van der Waals surface area contributed by atoms with Gasteiger partial charge in [0.1, 0.15) is 0 Å². The highest BCUT2D eigenvalue weighted by Gasteiger charge is 2.24. The highest BCUT2D eigenvalue weighted by Crippen LogP contribution is 2.19. The van der Waals surface area contributed by atoms with Crippen LogP contribution in [-0.2, 0) is 0 Å². The van der Waals surface area contributed by atoms with Gasteiger partial charge in [0.15, 0.2) is 0 Å². The third-order valence-electron chi connectivity index (χ3n) is 3.13. The van der Waals surface area contributed by atoms with Gasteiger partial charge in [-0.2, -0.15) is 0 Å². The number of benzene rings is 1. The molecular weight excluding hydrogens is 238 g/mol. The van der Waals surface area contributed by atoms with Gasteiger partial charge < -0.3 is 10.4 Å². The molecule has 1 aromatic rings. The summed E-state index contributed by atoms with van der Waals surface area (Å²) in [5.41, 5.74) is 0.537. The molecule has 0 heterocycles. The number of rotatable bonds is 2. The molecule has 0 unspecified atom stereocenters. The van der Waals surface area contributed by atoms with Crippen molar-refractivity contribution in [3.63, 3.8) is 0 Å². The van der Waals surface area contributed by atoms with E-state index in [2.05, 4.69) is 5.32 Å². The summed E-state index contributed by atoms with van der Waals surface area (Å²) < 4.78 is 0. The summed E-state index contributed by atoms with van der Waals surface area (Å²) >= 11 is 5.83. The number of aliphatic hydroxyl groups excluding tert-OH is 1. The Kier molecular flexibility index (Phi) is 4.02. The van der Waals surface area contributed by atoms with Gasteiger partial charge in [0, 0.05) is 10.6 Å². The van der Waals surface area contributed by atoms with Gasteiger partial charge in [-0.05, 0) is 31.0 Å². The first-order valence-corrected chi connectivity index (χ1v) is 6.29. The highest BCUT2D eigenvalue weighted by molar-refractivity contribution is 6.30. The summed E-state index contributed by atoms with van der Waals surface area (Å²) in [6.07, 6.45) is 3.27. The predicted molar refractivity (Wildman–Crippen MR) is 67.2 cm³/mol. The van der Waals surface area contributed by atoms with Crippen molar-refractivity contribution in [2.45, 2.75) is 37.8 Å². The minimum Gasteiger partial charge on any atom is -0.391 e.